The molecule has 3 aliphatic rings. The second-order valence-corrected chi connectivity index (χ2v) is 12.1. The minimum Gasteiger partial charge on any atom is -0.508 e. The van der Waals surface area contributed by atoms with E-state index >= 15 is 0 Å². The number of aromatic nitrogens is 1. The molecule has 0 unspecified atom stereocenters. The maximum Gasteiger partial charge on any atom is 0.115 e. The number of phenols is 1. The highest BCUT2D eigenvalue weighted by Crippen LogP contribution is 2.66. The molecule has 1 aromatic carbocycles. The van der Waals surface area contributed by atoms with Gasteiger partial charge in [0, 0.05) is 18.2 Å². The molecule has 6 atom stereocenters. The van der Waals surface area contributed by atoms with Crippen LogP contribution in [0.5, 0.6) is 5.75 Å². The Morgan fingerprint density at radius 3 is 2.75 bits per heavy atom. The molecule has 4 N–H and O–H groups in total. The number of hydrogen-bond acceptors (Lipinski definition) is 5. The van der Waals surface area contributed by atoms with Crippen molar-refractivity contribution in [1.82, 2.24) is 10.3 Å². The number of fused-ring (bicyclic) bond motifs is 5. The highest BCUT2D eigenvalue weighted by molar-refractivity contribution is 5.40. The molecular weight excluding hydrogens is 448 g/mol. The average Bonchev–Trinajstić information content (AvgIpc) is 3.13. The molecule has 0 amide bonds. The zero-order chi connectivity index (χ0) is 25.2. The van der Waals surface area contributed by atoms with Gasteiger partial charge in [-0.15, -0.1) is 0 Å². The van der Waals surface area contributed by atoms with E-state index in [1.807, 2.05) is 36.5 Å². The summed E-state index contributed by atoms with van der Waals surface area (Å²) in [7, 11) is 0. The van der Waals surface area contributed by atoms with Gasteiger partial charge in [-0.05, 0) is 110 Å². The fraction of sp³-hybridized carbons (Fsp3) is 0.645. The Labute approximate surface area is 216 Å². The third-order valence-corrected chi connectivity index (χ3v) is 10.1. The standard InChI is InChI=1S/C31H44N2O3/c1-30-15-13-26-25-12-10-24(35)18-22(25)9-11-27(26)28(30)19-31(21-34,29(30)36)14-5-2-3-6-16-32-20-23-8-4-7-17-33-23/h4,7-8,10,12,17-18,26-29,32,34-36H,2-3,5-6,9,11,13-16,19-21H2,1H3/t26-,27-,28+,29-,30+,31-/m1/s1. The number of aliphatic hydroxyl groups is 2. The number of pyridine rings is 1. The summed E-state index contributed by atoms with van der Waals surface area (Å²) >= 11 is 0. The molecule has 1 aromatic heterocycles. The van der Waals surface area contributed by atoms with Crippen LogP contribution < -0.4 is 5.32 Å². The smallest absolute Gasteiger partial charge is 0.115 e. The Kier molecular flexibility index (Phi) is 7.71. The molecule has 2 saturated carbocycles. The molecule has 5 heteroatoms. The maximum atomic E-state index is 11.7. The lowest BCUT2D eigenvalue weighted by Gasteiger charge is -2.50. The fourth-order valence-corrected chi connectivity index (χ4v) is 8.16. The van der Waals surface area contributed by atoms with E-state index < -0.39 is 6.10 Å². The lowest BCUT2D eigenvalue weighted by molar-refractivity contribution is -0.0715. The van der Waals surface area contributed by atoms with Crippen molar-refractivity contribution in [2.75, 3.05) is 13.2 Å². The van der Waals surface area contributed by atoms with E-state index in [4.69, 9.17) is 0 Å². The van der Waals surface area contributed by atoms with E-state index in [0.29, 0.717) is 23.5 Å². The molecular formula is C31H44N2O3. The normalized spacial score (nSPS) is 33.1. The SMILES string of the molecule is C[C@]12CC[C@@H]3c4ccc(O)cc4CC[C@H]3[C@@H]1C[C@@](CO)(CCCCCCNCc1ccccn1)[C@@H]2O. The van der Waals surface area contributed by atoms with Crippen molar-refractivity contribution in [3.8, 4) is 5.75 Å². The topological polar surface area (TPSA) is 85.6 Å². The summed E-state index contributed by atoms with van der Waals surface area (Å²) in [5.41, 5.74) is 3.34. The van der Waals surface area contributed by atoms with Crippen LogP contribution in [-0.2, 0) is 13.0 Å². The van der Waals surface area contributed by atoms with Crippen molar-refractivity contribution in [2.45, 2.75) is 89.7 Å². The van der Waals surface area contributed by atoms with E-state index in [2.05, 4.69) is 23.3 Å². The van der Waals surface area contributed by atoms with Crippen LogP contribution in [0.4, 0.5) is 0 Å². The molecule has 2 aromatic rings. The van der Waals surface area contributed by atoms with Gasteiger partial charge in [0.05, 0.1) is 18.4 Å². The number of unbranched alkanes of at least 4 members (excludes halogenated alkanes) is 3. The number of rotatable bonds is 10. The summed E-state index contributed by atoms with van der Waals surface area (Å²) < 4.78 is 0. The zero-order valence-corrected chi connectivity index (χ0v) is 21.8. The first-order chi connectivity index (χ1) is 17.5. The predicted octanol–water partition coefficient (Wildman–Crippen LogP) is 5.33. The minimum atomic E-state index is -0.429. The Bertz CT molecular complexity index is 1010. The fourth-order valence-electron chi connectivity index (χ4n) is 8.16. The summed E-state index contributed by atoms with van der Waals surface area (Å²) in [6, 6.07) is 11.9. The first-order valence-corrected chi connectivity index (χ1v) is 14.2. The van der Waals surface area contributed by atoms with Crippen molar-refractivity contribution in [1.29, 1.82) is 0 Å². The molecule has 3 aliphatic carbocycles. The van der Waals surface area contributed by atoms with Crippen LogP contribution >= 0.6 is 0 Å². The van der Waals surface area contributed by atoms with Crippen LogP contribution in [0.3, 0.4) is 0 Å². The van der Waals surface area contributed by atoms with Crippen LogP contribution in [0, 0.1) is 22.7 Å². The number of aryl methyl sites for hydroxylation is 1. The van der Waals surface area contributed by atoms with Gasteiger partial charge in [0.15, 0.2) is 0 Å². The van der Waals surface area contributed by atoms with Crippen LogP contribution in [-0.4, -0.2) is 39.6 Å². The van der Waals surface area contributed by atoms with Crippen LogP contribution in [0.15, 0.2) is 42.6 Å². The Morgan fingerprint density at radius 2 is 1.94 bits per heavy atom. The lowest BCUT2D eigenvalue weighted by atomic mass is 9.55. The quantitative estimate of drug-likeness (QED) is 0.337. The number of nitrogens with zero attached hydrogens (tertiary/aromatic N) is 1. The number of aromatic hydroxyl groups is 1. The summed E-state index contributed by atoms with van der Waals surface area (Å²) in [6.45, 7) is 4.20. The van der Waals surface area contributed by atoms with Gasteiger partial charge in [-0.3, -0.25) is 4.98 Å². The third kappa shape index (κ3) is 4.82. The van der Waals surface area contributed by atoms with Crippen molar-refractivity contribution in [3.63, 3.8) is 0 Å². The molecule has 5 nitrogen and oxygen atoms in total. The van der Waals surface area contributed by atoms with E-state index in [1.54, 1.807) is 0 Å². The van der Waals surface area contributed by atoms with Gasteiger partial charge < -0.3 is 20.6 Å². The highest BCUT2D eigenvalue weighted by Gasteiger charge is 2.63. The monoisotopic (exact) mass is 492 g/mol. The van der Waals surface area contributed by atoms with Crippen molar-refractivity contribution in [3.05, 3.63) is 59.4 Å². The molecule has 0 radical (unpaired) electrons. The van der Waals surface area contributed by atoms with Gasteiger partial charge in [-0.2, -0.15) is 0 Å². The Balaban J connectivity index is 1.14. The van der Waals surface area contributed by atoms with Gasteiger partial charge in [0.25, 0.3) is 0 Å². The number of aliphatic hydroxyl groups excluding tert-OH is 2. The van der Waals surface area contributed by atoms with Gasteiger partial charge in [-0.25, -0.2) is 0 Å². The van der Waals surface area contributed by atoms with Crippen molar-refractivity contribution < 1.29 is 15.3 Å². The summed E-state index contributed by atoms with van der Waals surface area (Å²) in [4.78, 5) is 4.35. The van der Waals surface area contributed by atoms with E-state index in [-0.39, 0.29) is 17.4 Å². The maximum absolute atomic E-state index is 11.7. The Hall–Kier alpha value is -1.95. The molecule has 0 bridgehead atoms. The molecule has 2 fully saturated rings. The number of nitrogens with one attached hydrogen (secondary N) is 1. The zero-order valence-electron chi connectivity index (χ0n) is 21.8. The largest absolute Gasteiger partial charge is 0.508 e. The third-order valence-electron chi connectivity index (χ3n) is 10.1. The number of hydrogen-bond donors (Lipinski definition) is 4. The van der Waals surface area contributed by atoms with Crippen LogP contribution in [0.25, 0.3) is 0 Å². The predicted molar refractivity (Wildman–Crippen MR) is 143 cm³/mol. The molecule has 0 spiro atoms. The molecule has 0 saturated heterocycles. The Morgan fingerprint density at radius 1 is 1.08 bits per heavy atom. The molecule has 5 rings (SSSR count). The van der Waals surface area contributed by atoms with Crippen molar-refractivity contribution >= 4 is 0 Å². The number of benzene rings is 1. The van der Waals surface area contributed by atoms with E-state index in [9.17, 15) is 15.3 Å². The minimum absolute atomic E-state index is 0.0910. The average molecular weight is 493 g/mol. The second-order valence-electron chi connectivity index (χ2n) is 12.1. The van der Waals surface area contributed by atoms with Crippen molar-refractivity contribution in [2.24, 2.45) is 22.7 Å². The first-order valence-electron chi connectivity index (χ1n) is 14.2. The van der Waals surface area contributed by atoms with E-state index in [1.165, 1.54) is 17.5 Å². The highest BCUT2D eigenvalue weighted by atomic mass is 16.3. The second kappa shape index (κ2) is 10.8. The molecule has 36 heavy (non-hydrogen) atoms. The molecule has 1 heterocycles. The summed E-state index contributed by atoms with van der Waals surface area (Å²) in [5, 5.41) is 35.7. The molecule has 0 aliphatic heterocycles. The van der Waals surface area contributed by atoms with Gasteiger partial charge in [-0.1, -0.05) is 38.3 Å². The van der Waals surface area contributed by atoms with Gasteiger partial charge >= 0.3 is 0 Å². The van der Waals surface area contributed by atoms with Gasteiger partial charge in [0.2, 0.25) is 0 Å². The van der Waals surface area contributed by atoms with Crippen LogP contribution in [0.1, 0.15) is 87.4 Å². The first kappa shape index (κ1) is 25.7. The molecule has 196 valence electrons. The summed E-state index contributed by atoms with van der Waals surface area (Å²) in [6.07, 6.45) is 12.0. The van der Waals surface area contributed by atoms with Gasteiger partial charge in [0.1, 0.15) is 5.75 Å². The van der Waals surface area contributed by atoms with Crippen LogP contribution in [0.2, 0.25) is 0 Å². The van der Waals surface area contributed by atoms with E-state index in [0.717, 1.165) is 76.6 Å². The number of phenolic OH excluding ortho intramolecular Hbond substituents is 1. The summed E-state index contributed by atoms with van der Waals surface area (Å²) in [5.74, 6) is 1.91. The lowest BCUT2D eigenvalue weighted by Crippen LogP contribution is -2.46.